The molecule has 0 N–H and O–H groups in total. The van der Waals surface area contributed by atoms with Gasteiger partial charge in [0.2, 0.25) is 0 Å². The summed E-state index contributed by atoms with van der Waals surface area (Å²) in [7, 11) is 9.53. The third kappa shape index (κ3) is 6.36. The quantitative estimate of drug-likeness (QED) is 0.225. The second-order valence-corrected chi connectivity index (χ2v) is 11.3. The van der Waals surface area contributed by atoms with Gasteiger partial charge >= 0.3 is 33.3 Å². The molecule has 190 valence electrons. The molecule has 0 radical (unpaired) electrons. The van der Waals surface area contributed by atoms with E-state index in [-0.39, 0.29) is 19.2 Å². The van der Waals surface area contributed by atoms with E-state index >= 15 is 0 Å². The second-order valence-electron chi connectivity index (χ2n) is 9.46. The number of aliphatic imine (C=N–C) groups is 3. The summed E-state index contributed by atoms with van der Waals surface area (Å²) < 4.78 is 0. The van der Waals surface area contributed by atoms with Crippen molar-refractivity contribution in [1.29, 1.82) is 0 Å². The standard InChI is InChI=1S/C30H33N3.2ClH.Fe/c1-17-13-19(3)27(20(4)14-17)31-23(7)29-25-11-9-10-12-26(25)30(33-29)24(8)32-28-21(5)15-18(2)16-22(28)6;;;/h9-16,29H,1-8H3;2*1H;/q;;;+2/p-2. The summed E-state index contributed by atoms with van der Waals surface area (Å²) in [6.45, 7) is 16.9. The van der Waals surface area contributed by atoms with Gasteiger partial charge in [-0.1, -0.05) is 59.7 Å². The maximum absolute atomic E-state index is 5.16. The molecular weight excluding hydrogens is 529 g/mol. The molecule has 0 fully saturated rings. The average Bonchev–Trinajstić information content (AvgIpc) is 3.19. The molecule has 3 nitrogen and oxygen atoms in total. The van der Waals surface area contributed by atoms with Crippen LogP contribution in [-0.4, -0.2) is 17.1 Å². The molecule has 0 saturated carbocycles. The molecule has 1 aliphatic rings. The SMILES string of the molecule is CC(=Nc1c(C)cc(C)cc1C)C1=NC(C(C)=Nc2c(C)cc(C)cc2C)c2ccccc21.[Cl][Fe][Cl]. The van der Waals surface area contributed by atoms with Gasteiger partial charge in [-0.05, 0) is 83.2 Å². The van der Waals surface area contributed by atoms with Crippen molar-refractivity contribution in [2.75, 3.05) is 0 Å². The number of halogens is 2. The summed E-state index contributed by atoms with van der Waals surface area (Å²) in [6, 6.07) is 17.1. The topological polar surface area (TPSA) is 37.1 Å². The van der Waals surface area contributed by atoms with E-state index in [9.17, 15) is 0 Å². The van der Waals surface area contributed by atoms with E-state index in [4.69, 9.17) is 35.2 Å². The Morgan fingerprint density at radius 3 is 1.69 bits per heavy atom. The third-order valence-corrected chi connectivity index (χ3v) is 6.35. The van der Waals surface area contributed by atoms with Crippen LogP contribution in [0.25, 0.3) is 0 Å². The zero-order valence-electron chi connectivity index (χ0n) is 22.1. The van der Waals surface area contributed by atoms with Crippen molar-refractivity contribution in [3.63, 3.8) is 0 Å². The van der Waals surface area contributed by atoms with E-state index in [1.165, 1.54) is 38.9 Å². The molecule has 1 aliphatic heterocycles. The van der Waals surface area contributed by atoms with Gasteiger partial charge in [0.05, 0.1) is 22.8 Å². The zero-order valence-corrected chi connectivity index (χ0v) is 24.8. The minimum absolute atomic E-state index is 0.0957. The Bertz CT molecular complexity index is 1330. The fraction of sp³-hybridized carbons (Fsp3) is 0.300. The van der Waals surface area contributed by atoms with Gasteiger partial charge in [0.25, 0.3) is 0 Å². The summed E-state index contributed by atoms with van der Waals surface area (Å²) >= 11 is 0.194. The van der Waals surface area contributed by atoms with Crippen LogP contribution in [0.3, 0.4) is 0 Å². The molecular formula is C30H33Cl2FeN3. The molecule has 0 bridgehead atoms. The Labute approximate surface area is 230 Å². The normalized spacial score (nSPS) is 15.4. The molecule has 0 spiro atoms. The number of benzene rings is 3. The number of hydrogen-bond donors (Lipinski definition) is 0. The fourth-order valence-corrected chi connectivity index (χ4v) is 4.98. The Kier molecular flexibility index (Phi) is 9.72. The number of aryl methyl sites for hydroxylation is 6. The van der Waals surface area contributed by atoms with E-state index in [1.54, 1.807) is 0 Å². The van der Waals surface area contributed by atoms with Crippen LogP contribution in [0.15, 0.2) is 63.5 Å². The van der Waals surface area contributed by atoms with E-state index in [2.05, 4.69) is 104 Å². The van der Waals surface area contributed by atoms with E-state index < -0.39 is 0 Å². The van der Waals surface area contributed by atoms with Crippen molar-refractivity contribution in [2.45, 2.75) is 61.4 Å². The second kappa shape index (κ2) is 12.3. The minimum atomic E-state index is -0.0957. The molecule has 36 heavy (non-hydrogen) atoms. The molecule has 0 amide bonds. The van der Waals surface area contributed by atoms with E-state index in [0.717, 1.165) is 34.1 Å². The number of hydrogen-bond acceptors (Lipinski definition) is 3. The molecule has 0 aromatic heterocycles. The van der Waals surface area contributed by atoms with Gasteiger partial charge in [-0.15, -0.1) is 0 Å². The molecule has 0 aliphatic carbocycles. The predicted octanol–water partition coefficient (Wildman–Crippen LogP) is 9.34. The summed E-state index contributed by atoms with van der Waals surface area (Å²) in [5, 5.41) is 0. The molecule has 4 rings (SSSR count). The van der Waals surface area contributed by atoms with Crippen LogP contribution in [0.4, 0.5) is 11.4 Å². The van der Waals surface area contributed by atoms with Crippen molar-refractivity contribution in [3.05, 3.63) is 93.0 Å². The number of rotatable bonds is 4. The first kappa shape index (κ1) is 28.3. The van der Waals surface area contributed by atoms with Crippen molar-refractivity contribution < 1.29 is 13.1 Å². The van der Waals surface area contributed by atoms with Crippen LogP contribution < -0.4 is 0 Å². The van der Waals surface area contributed by atoms with Crippen molar-refractivity contribution in [2.24, 2.45) is 15.0 Å². The van der Waals surface area contributed by atoms with Gasteiger partial charge in [0.15, 0.2) is 0 Å². The summed E-state index contributed by atoms with van der Waals surface area (Å²) in [6.07, 6.45) is 0. The molecule has 3 aromatic rings. The first-order valence-corrected chi connectivity index (χ1v) is 14.9. The van der Waals surface area contributed by atoms with Crippen LogP contribution in [-0.2, 0) is 13.1 Å². The summed E-state index contributed by atoms with van der Waals surface area (Å²) in [5.41, 5.74) is 14.7. The summed E-state index contributed by atoms with van der Waals surface area (Å²) in [5.74, 6) is 0. The Balaban J connectivity index is 0.00000115. The van der Waals surface area contributed by atoms with Crippen LogP contribution in [0.2, 0.25) is 0 Å². The first-order chi connectivity index (χ1) is 17.1. The molecule has 1 atom stereocenters. The molecule has 0 saturated heterocycles. The molecule has 1 heterocycles. The molecule has 1 unspecified atom stereocenters. The van der Waals surface area contributed by atoms with Crippen LogP contribution in [0.1, 0.15) is 64.4 Å². The van der Waals surface area contributed by atoms with Gasteiger partial charge in [-0.3, -0.25) is 15.0 Å². The fourth-order valence-electron chi connectivity index (χ4n) is 4.98. The molecule has 6 heteroatoms. The summed E-state index contributed by atoms with van der Waals surface area (Å²) in [4.78, 5) is 15.3. The van der Waals surface area contributed by atoms with Crippen LogP contribution in [0.5, 0.6) is 0 Å². The predicted molar refractivity (Wildman–Crippen MR) is 154 cm³/mol. The monoisotopic (exact) mass is 561 g/mol. The Morgan fingerprint density at radius 2 is 1.19 bits per heavy atom. The van der Waals surface area contributed by atoms with Gasteiger partial charge in [0, 0.05) is 11.3 Å². The maximum atomic E-state index is 5.16. The van der Waals surface area contributed by atoms with Crippen molar-refractivity contribution in [3.8, 4) is 0 Å². The van der Waals surface area contributed by atoms with Crippen molar-refractivity contribution in [1.82, 2.24) is 0 Å². The average molecular weight is 562 g/mol. The number of fused-ring (bicyclic) bond motifs is 1. The van der Waals surface area contributed by atoms with E-state index in [0.29, 0.717) is 0 Å². The molecule has 3 aromatic carbocycles. The van der Waals surface area contributed by atoms with Gasteiger partial charge in [0.1, 0.15) is 6.04 Å². The van der Waals surface area contributed by atoms with Crippen LogP contribution >= 0.6 is 20.2 Å². The Hall–Kier alpha value is -2.23. The van der Waals surface area contributed by atoms with Gasteiger partial charge in [-0.2, -0.15) is 0 Å². The first-order valence-electron chi connectivity index (χ1n) is 11.9. The third-order valence-electron chi connectivity index (χ3n) is 6.35. The van der Waals surface area contributed by atoms with E-state index in [1.807, 2.05) is 0 Å². The Morgan fingerprint density at radius 1 is 0.750 bits per heavy atom. The van der Waals surface area contributed by atoms with Crippen molar-refractivity contribution >= 4 is 48.7 Å². The van der Waals surface area contributed by atoms with Gasteiger partial charge in [-0.25, -0.2) is 0 Å². The van der Waals surface area contributed by atoms with Crippen LogP contribution in [0, 0.1) is 41.5 Å². The number of nitrogens with zero attached hydrogens (tertiary/aromatic N) is 3. The zero-order chi connectivity index (χ0) is 26.6. The van der Waals surface area contributed by atoms with Gasteiger partial charge < -0.3 is 0 Å².